The van der Waals surface area contributed by atoms with Crippen molar-refractivity contribution in [2.45, 2.75) is 44.4 Å². The van der Waals surface area contributed by atoms with Crippen molar-refractivity contribution in [1.82, 2.24) is 0 Å². The number of halogens is 2. The van der Waals surface area contributed by atoms with Gasteiger partial charge in [-0.3, -0.25) is 0 Å². The van der Waals surface area contributed by atoms with Crippen LogP contribution < -0.4 is 0 Å². The third-order valence-electron chi connectivity index (χ3n) is 1.14. The summed E-state index contributed by atoms with van der Waals surface area (Å²) in [4.78, 5) is 8.15. The van der Waals surface area contributed by atoms with Crippen LogP contribution in [0.1, 0.15) is 39.5 Å². The maximum atomic E-state index is 9.44. The fourth-order valence-corrected chi connectivity index (χ4v) is 0.500. The molecule has 0 aromatic rings. The van der Waals surface area contributed by atoms with Gasteiger partial charge in [0, 0.05) is 0 Å². The highest BCUT2D eigenvalue weighted by atomic mass is 35.5. The molecule has 0 heterocycles. The lowest BCUT2D eigenvalue weighted by atomic mass is 10.2. The smallest absolute Gasteiger partial charge is 0.337 e. The Balaban J connectivity index is 0. The standard InChI is InChI=1S/C6H14.C2H2Cl2O2/c1-3-5-6-4-2;3-1(4)2(5)6/h3-6H2,1-2H3;1H,(H,5,6). The van der Waals surface area contributed by atoms with Gasteiger partial charge in [0.2, 0.25) is 4.84 Å². The minimum Gasteiger partial charge on any atom is -0.479 e. The molecule has 0 rings (SSSR count). The van der Waals surface area contributed by atoms with Crippen LogP contribution >= 0.6 is 23.2 Å². The zero-order valence-electron chi connectivity index (χ0n) is 7.52. The summed E-state index contributed by atoms with van der Waals surface area (Å²) in [6.45, 7) is 4.46. The molecule has 12 heavy (non-hydrogen) atoms. The molecule has 0 unspecified atom stereocenters. The second-order valence-corrected chi connectivity index (χ2v) is 3.44. The highest BCUT2D eigenvalue weighted by Crippen LogP contribution is 1.98. The Morgan fingerprint density at radius 3 is 1.58 bits per heavy atom. The van der Waals surface area contributed by atoms with E-state index >= 15 is 0 Å². The molecule has 0 aliphatic heterocycles. The first kappa shape index (κ1) is 14.6. The van der Waals surface area contributed by atoms with Crippen molar-refractivity contribution < 1.29 is 9.90 Å². The van der Waals surface area contributed by atoms with E-state index < -0.39 is 10.8 Å². The van der Waals surface area contributed by atoms with Gasteiger partial charge in [-0.1, -0.05) is 62.7 Å². The second-order valence-electron chi connectivity index (χ2n) is 2.35. The molecule has 0 aliphatic carbocycles. The van der Waals surface area contributed by atoms with Gasteiger partial charge in [-0.15, -0.1) is 0 Å². The van der Waals surface area contributed by atoms with Crippen molar-refractivity contribution >= 4 is 29.2 Å². The van der Waals surface area contributed by atoms with Crippen molar-refractivity contribution in [1.29, 1.82) is 0 Å². The van der Waals surface area contributed by atoms with Gasteiger partial charge in [-0.05, 0) is 0 Å². The highest BCUT2D eigenvalue weighted by Gasteiger charge is 2.05. The van der Waals surface area contributed by atoms with E-state index in [4.69, 9.17) is 28.3 Å². The summed E-state index contributed by atoms with van der Waals surface area (Å²) in [5.41, 5.74) is 0. The fraction of sp³-hybridized carbons (Fsp3) is 0.875. The third-order valence-corrected chi connectivity index (χ3v) is 1.52. The Morgan fingerprint density at radius 1 is 1.25 bits per heavy atom. The number of rotatable bonds is 4. The van der Waals surface area contributed by atoms with Gasteiger partial charge in [0.1, 0.15) is 0 Å². The zero-order chi connectivity index (χ0) is 9.98. The second kappa shape index (κ2) is 11.1. The molecule has 0 aliphatic rings. The molecule has 0 spiro atoms. The summed E-state index contributed by atoms with van der Waals surface area (Å²) in [5, 5.41) is 7.73. The topological polar surface area (TPSA) is 37.3 Å². The van der Waals surface area contributed by atoms with Crippen LogP contribution in [0.15, 0.2) is 0 Å². The maximum Gasteiger partial charge on any atom is 0.337 e. The van der Waals surface area contributed by atoms with Crippen LogP contribution in [0.5, 0.6) is 0 Å². The predicted octanol–water partition coefficient (Wildman–Crippen LogP) is 3.46. The Bertz CT molecular complexity index is 101. The van der Waals surface area contributed by atoms with E-state index in [2.05, 4.69) is 13.8 Å². The minimum atomic E-state index is -1.29. The number of carboxylic acids is 1. The predicted molar refractivity (Wildman–Crippen MR) is 52.9 cm³/mol. The van der Waals surface area contributed by atoms with Crippen LogP contribution in [0.2, 0.25) is 0 Å². The molecule has 0 aromatic heterocycles. The molecule has 2 nitrogen and oxygen atoms in total. The molecular formula is C8H16Cl2O2. The molecule has 0 aromatic carbocycles. The summed E-state index contributed by atoms with van der Waals surface area (Å²) in [7, 11) is 0. The van der Waals surface area contributed by atoms with E-state index in [0.29, 0.717) is 0 Å². The molecule has 0 amide bonds. The third kappa shape index (κ3) is 16.6. The number of carbonyl (C=O) groups is 1. The highest BCUT2D eigenvalue weighted by molar-refractivity contribution is 6.52. The van der Waals surface area contributed by atoms with Gasteiger partial charge in [-0.25, -0.2) is 4.79 Å². The lowest BCUT2D eigenvalue weighted by Gasteiger charge is -1.86. The van der Waals surface area contributed by atoms with Crippen molar-refractivity contribution in [2.24, 2.45) is 0 Å². The molecular weight excluding hydrogens is 199 g/mol. The monoisotopic (exact) mass is 214 g/mol. The van der Waals surface area contributed by atoms with E-state index in [-0.39, 0.29) is 0 Å². The molecule has 0 saturated heterocycles. The average molecular weight is 215 g/mol. The Kier molecular flexibility index (Phi) is 13.4. The number of carboxylic acid groups (broad SMARTS) is 1. The Labute approximate surface area is 83.9 Å². The van der Waals surface area contributed by atoms with Crippen LogP contribution in [0, 0.1) is 0 Å². The van der Waals surface area contributed by atoms with Crippen LogP contribution in [0.3, 0.4) is 0 Å². The molecule has 4 heteroatoms. The van der Waals surface area contributed by atoms with Crippen molar-refractivity contribution in [2.75, 3.05) is 0 Å². The van der Waals surface area contributed by atoms with E-state index in [1.54, 1.807) is 0 Å². The normalized spacial score (nSPS) is 9.08. The summed E-state index contributed by atoms with van der Waals surface area (Å²) in [6, 6.07) is 0. The van der Waals surface area contributed by atoms with Crippen LogP contribution in [-0.2, 0) is 4.79 Å². The molecule has 74 valence electrons. The number of hydrogen-bond donors (Lipinski definition) is 1. The van der Waals surface area contributed by atoms with Gasteiger partial charge >= 0.3 is 5.97 Å². The molecule has 0 radical (unpaired) electrons. The largest absolute Gasteiger partial charge is 0.479 e. The summed E-state index contributed by atoms with van der Waals surface area (Å²) in [6.07, 6.45) is 5.54. The summed E-state index contributed by atoms with van der Waals surface area (Å²) < 4.78 is 0. The van der Waals surface area contributed by atoms with E-state index in [9.17, 15) is 4.79 Å². The quantitative estimate of drug-likeness (QED) is 0.575. The number of unbranched alkanes of at least 4 members (excludes halogenated alkanes) is 3. The minimum absolute atomic E-state index is 1.21. The molecule has 0 fully saturated rings. The van der Waals surface area contributed by atoms with Gasteiger partial charge in [-0.2, -0.15) is 0 Å². The van der Waals surface area contributed by atoms with Gasteiger partial charge in [0.15, 0.2) is 0 Å². The SMILES string of the molecule is CCCCCC.O=C(O)C(Cl)Cl. The first-order chi connectivity index (χ1) is 5.56. The average Bonchev–Trinajstić information content (AvgIpc) is 2.02. The van der Waals surface area contributed by atoms with Crippen molar-refractivity contribution in [3.05, 3.63) is 0 Å². The van der Waals surface area contributed by atoms with E-state index in [0.717, 1.165) is 0 Å². The van der Waals surface area contributed by atoms with Crippen molar-refractivity contribution in [3.8, 4) is 0 Å². The van der Waals surface area contributed by atoms with Gasteiger partial charge < -0.3 is 5.11 Å². The van der Waals surface area contributed by atoms with Crippen LogP contribution in [0.4, 0.5) is 0 Å². The van der Waals surface area contributed by atoms with Crippen LogP contribution in [0.25, 0.3) is 0 Å². The Hall–Kier alpha value is 0.0500. The first-order valence-corrected chi connectivity index (χ1v) is 4.94. The van der Waals surface area contributed by atoms with Gasteiger partial charge in [0.25, 0.3) is 0 Å². The van der Waals surface area contributed by atoms with Gasteiger partial charge in [0.05, 0.1) is 0 Å². The zero-order valence-corrected chi connectivity index (χ0v) is 9.03. The summed E-state index contributed by atoms with van der Waals surface area (Å²) >= 11 is 9.56. The van der Waals surface area contributed by atoms with Crippen molar-refractivity contribution in [3.63, 3.8) is 0 Å². The fourth-order valence-electron chi connectivity index (χ4n) is 0.500. The summed E-state index contributed by atoms with van der Waals surface area (Å²) in [5.74, 6) is -1.21. The molecule has 0 atom stereocenters. The molecule has 0 bridgehead atoms. The number of alkyl halides is 2. The van der Waals surface area contributed by atoms with Crippen LogP contribution in [-0.4, -0.2) is 15.9 Å². The first-order valence-electron chi connectivity index (χ1n) is 4.07. The Morgan fingerprint density at radius 2 is 1.50 bits per heavy atom. The molecule has 1 N–H and O–H groups in total. The van der Waals surface area contributed by atoms with E-state index in [1.807, 2.05) is 0 Å². The number of aliphatic carboxylic acids is 1. The number of hydrogen-bond acceptors (Lipinski definition) is 1. The molecule has 0 saturated carbocycles. The van der Waals surface area contributed by atoms with E-state index in [1.165, 1.54) is 25.7 Å². The lowest BCUT2D eigenvalue weighted by molar-refractivity contribution is -0.135. The maximum absolute atomic E-state index is 9.44. The lowest BCUT2D eigenvalue weighted by Crippen LogP contribution is -2.03.